The predicted molar refractivity (Wildman–Crippen MR) is 220 cm³/mol. The number of amides is 1. The Kier molecular flexibility index (Phi) is 12.6. The van der Waals surface area contributed by atoms with E-state index in [0.29, 0.717) is 5.56 Å². The first-order chi connectivity index (χ1) is 28.8. The fourth-order valence-corrected chi connectivity index (χ4v) is 10.4. The zero-order valence-electron chi connectivity index (χ0n) is 35.3. The molecule has 330 valence electrons. The molecule has 15 nitrogen and oxygen atoms in total. The van der Waals surface area contributed by atoms with Crippen molar-refractivity contribution in [3.8, 4) is 0 Å². The van der Waals surface area contributed by atoms with Gasteiger partial charge in [-0.3, -0.25) is 19.2 Å². The minimum absolute atomic E-state index is 0. The van der Waals surface area contributed by atoms with Crippen LogP contribution < -0.4 is 5.32 Å². The van der Waals surface area contributed by atoms with E-state index in [9.17, 15) is 39.3 Å². The Morgan fingerprint density at radius 2 is 1.42 bits per heavy atom. The van der Waals surface area contributed by atoms with E-state index in [1.54, 1.807) is 99.6 Å². The number of rotatable bonds is 10. The average Bonchev–Trinajstić information content (AvgIpc) is 3.23. The van der Waals surface area contributed by atoms with Crippen LogP contribution in [0, 0.1) is 22.7 Å². The monoisotopic (exact) mass is 855 g/mol. The average molecular weight is 856 g/mol. The lowest BCUT2D eigenvalue weighted by Crippen LogP contribution is -2.81. The number of carbonyl (C=O) groups excluding carboxylic acids is 6. The van der Waals surface area contributed by atoms with Crippen LogP contribution in [0.1, 0.15) is 86.7 Å². The van der Waals surface area contributed by atoms with Crippen molar-refractivity contribution in [3.63, 3.8) is 0 Å². The number of fused-ring (bicyclic) bond motifs is 5. The SMILES string of the molecule is CC(=O)O[C@]12COC1C[C@H](O)C1(C)C(=O)[C@H](C(C)=O)C3=C(C)C(OC(=O)[C@H](O)[C@@H](NC(=O)c4ccccc4)c4ccccc4)C[C@@](O)([C@@H](OC(=O)c4ccccc4)[C@@H]12)C3(C)C.O. The van der Waals surface area contributed by atoms with E-state index < -0.39 is 112 Å². The smallest absolute Gasteiger partial charge is 0.338 e. The Hall–Kier alpha value is -5.58. The molecule has 3 aromatic carbocycles. The van der Waals surface area contributed by atoms with Gasteiger partial charge in [0, 0.05) is 30.7 Å². The van der Waals surface area contributed by atoms with E-state index >= 15 is 4.79 Å². The number of hydrogen-bond acceptors (Lipinski definition) is 13. The number of esters is 3. The quantitative estimate of drug-likeness (QED) is 0.0993. The number of benzene rings is 3. The Morgan fingerprint density at radius 3 is 1.95 bits per heavy atom. The molecular weight excluding hydrogens is 803 g/mol. The Morgan fingerprint density at radius 1 is 0.855 bits per heavy atom. The lowest BCUT2D eigenvalue weighted by molar-refractivity contribution is -0.345. The minimum Gasteiger partial charge on any atom is -0.456 e. The number of aliphatic hydroxyl groups is 3. The molecule has 2 saturated carbocycles. The highest BCUT2D eigenvalue weighted by Gasteiger charge is 2.78. The van der Waals surface area contributed by atoms with E-state index in [2.05, 4.69) is 5.32 Å². The van der Waals surface area contributed by atoms with Crippen LogP contribution in [0.3, 0.4) is 0 Å². The molecule has 0 aromatic heterocycles. The van der Waals surface area contributed by atoms with Crippen molar-refractivity contribution >= 4 is 35.4 Å². The van der Waals surface area contributed by atoms with Crippen LogP contribution in [0.2, 0.25) is 0 Å². The number of nitrogens with one attached hydrogen (secondary N) is 1. The lowest BCUT2D eigenvalue weighted by atomic mass is 9.43. The maximum Gasteiger partial charge on any atom is 0.338 e. The van der Waals surface area contributed by atoms with Gasteiger partial charge in [-0.25, -0.2) is 9.59 Å². The highest BCUT2D eigenvalue weighted by atomic mass is 16.6. The van der Waals surface area contributed by atoms with Crippen molar-refractivity contribution in [2.75, 3.05) is 6.61 Å². The molecule has 3 aromatic rings. The largest absolute Gasteiger partial charge is 0.456 e. The highest BCUT2D eigenvalue weighted by Crippen LogP contribution is 2.65. The van der Waals surface area contributed by atoms with Crippen molar-refractivity contribution in [1.82, 2.24) is 5.32 Å². The Bertz CT molecular complexity index is 2260. The second-order valence-corrected chi connectivity index (χ2v) is 17.4. The van der Waals surface area contributed by atoms with Crippen LogP contribution in [-0.2, 0) is 38.1 Å². The summed E-state index contributed by atoms with van der Waals surface area (Å²) < 4.78 is 24.4. The lowest BCUT2D eigenvalue weighted by Gasteiger charge is -2.67. The maximum atomic E-state index is 15.4. The molecule has 3 aliphatic carbocycles. The first-order valence-electron chi connectivity index (χ1n) is 20.3. The minimum atomic E-state index is -2.35. The van der Waals surface area contributed by atoms with Crippen molar-refractivity contribution in [1.29, 1.82) is 0 Å². The first kappa shape index (κ1) is 45.9. The van der Waals surface area contributed by atoms with Gasteiger partial charge in [0.15, 0.2) is 17.5 Å². The third-order valence-electron chi connectivity index (χ3n) is 13.7. The molecule has 15 heteroatoms. The van der Waals surface area contributed by atoms with Gasteiger partial charge < -0.3 is 45.1 Å². The molecule has 11 atom stereocenters. The van der Waals surface area contributed by atoms with Gasteiger partial charge in [0.2, 0.25) is 0 Å². The van der Waals surface area contributed by atoms with Gasteiger partial charge in [0.05, 0.1) is 41.6 Å². The zero-order valence-corrected chi connectivity index (χ0v) is 35.3. The molecule has 3 fully saturated rings. The molecule has 1 heterocycles. The molecule has 1 aliphatic heterocycles. The van der Waals surface area contributed by atoms with Crippen LogP contribution in [0.25, 0.3) is 0 Å². The van der Waals surface area contributed by atoms with Crippen molar-refractivity contribution in [2.45, 2.75) is 102 Å². The van der Waals surface area contributed by atoms with Crippen LogP contribution in [-0.4, -0.2) is 105 Å². The summed E-state index contributed by atoms with van der Waals surface area (Å²) in [7, 11) is 0. The number of hydrogen-bond donors (Lipinski definition) is 4. The summed E-state index contributed by atoms with van der Waals surface area (Å²) in [5, 5.41) is 40.2. The van der Waals surface area contributed by atoms with E-state index in [-0.39, 0.29) is 40.8 Å². The van der Waals surface area contributed by atoms with Gasteiger partial charge in [-0.1, -0.05) is 80.6 Å². The second-order valence-electron chi connectivity index (χ2n) is 17.4. The molecule has 1 saturated heterocycles. The van der Waals surface area contributed by atoms with Crippen LogP contribution in [0.5, 0.6) is 0 Å². The normalized spacial score (nSPS) is 31.7. The molecule has 4 aliphatic rings. The van der Waals surface area contributed by atoms with E-state index in [1.807, 2.05) is 0 Å². The topological polar surface area (TPSA) is 244 Å². The van der Waals surface area contributed by atoms with Gasteiger partial charge in [-0.2, -0.15) is 0 Å². The third-order valence-corrected chi connectivity index (χ3v) is 13.7. The number of aliphatic hydroxyl groups excluding tert-OH is 2. The summed E-state index contributed by atoms with van der Waals surface area (Å²) in [5.74, 6) is -8.05. The maximum absolute atomic E-state index is 15.4. The van der Waals surface area contributed by atoms with Crippen LogP contribution in [0.4, 0.5) is 0 Å². The number of Topliss-reactive ketones (excluding diaryl/α,β-unsaturated/α-hetero) is 2. The fraction of sp³-hybridized carbons (Fsp3) is 0.447. The zero-order chi connectivity index (χ0) is 44.2. The Labute approximate surface area is 358 Å². The second kappa shape index (κ2) is 16.9. The molecule has 62 heavy (non-hydrogen) atoms. The molecule has 1 amide bonds. The summed E-state index contributed by atoms with van der Waals surface area (Å²) in [6.45, 7) is 8.23. The molecule has 3 unspecified atom stereocenters. The molecular formula is C47H53NO14. The summed E-state index contributed by atoms with van der Waals surface area (Å²) in [4.78, 5) is 84.4. The molecule has 6 N–H and O–H groups in total. The Balaban J connectivity index is 0.00000641. The summed E-state index contributed by atoms with van der Waals surface area (Å²) in [5.41, 5.74) is -6.70. The predicted octanol–water partition coefficient (Wildman–Crippen LogP) is 3.18. The van der Waals surface area contributed by atoms with Gasteiger partial charge in [0.1, 0.15) is 29.7 Å². The molecule has 2 bridgehead atoms. The summed E-state index contributed by atoms with van der Waals surface area (Å²) >= 11 is 0. The van der Waals surface area contributed by atoms with E-state index in [1.165, 1.54) is 26.0 Å². The van der Waals surface area contributed by atoms with Crippen molar-refractivity contribution < 1.29 is 68.5 Å². The number of ketones is 2. The van der Waals surface area contributed by atoms with E-state index in [0.717, 1.165) is 6.92 Å². The van der Waals surface area contributed by atoms with Gasteiger partial charge >= 0.3 is 17.9 Å². The van der Waals surface area contributed by atoms with Gasteiger partial charge in [0.25, 0.3) is 5.91 Å². The summed E-state index contributed by atoms with van der Waals surface area (Å²) in [6, 6.07) is 23.1. The number of carbonyl (C=O) groups is 6. The van der Waals surface area contributed by atoms with Crippen LogP contribution >= 0.6 is 0 Å². The third kappa shape index (κ3) is 7.34. The fourth-order valence-electron chi connectivity index (χ4n) is 10.4. The molecule has 0 radical (unpaired) electrons. The molecule has 0 spiro atoms. The van der Waals surface area contributed by atoms with Crippen molar-refractivity contribution in [2.24, 2.45) is 22.7 Å². The van der Waals surface area contributed by atoms with Crippen molar-refractivity contribution in [3.05, 3.63) is 119 Å². The van der Waals surface area contributed by atoms with Crippen LogP contribution in [0.15, 0.2) is 102 Å². The number of ether oxygens (including phenoxy) is 4. The van der Waals surface area contributed by atoms with E-state index in [4.69, 9.17) is 18.9 Å². The van der Waals surface area contributed by atoms with Gasteiger partial charge in [-0.15, -0.1) is 0 Å². The van der Waals surface area contributed by atoms with Gasteiger partial charge in [-0.05, 0) is 61.7 Å². The molecule has 7 rings (SSSR count). The highest BCUT2D eigenvalue weighted by molar-refractivity contribution is 6.08. The summed E-state index contributed by atoms with van der Waals surface area (Å²) in [6.07, 6.45) is -8.50. The first-order valence-corrected chi connectivity index (χ1v) is 20.3. The standard InChI is InChI=1S/C47H51NO13.H2O/c1-25-31(59-43(56)37(52)36(28-16-10-7-11-17-28)48-41(54)29-18-12-8-13-19-29)23-47(57)40(60-42(55)30-20-14-9-15-21-30)38-45(6,39(53)34(26(2)49)35(25)44(47,4)5)32(51)22-33-46(38,24-58-33)61-27(3)50;/h7-21,31-34,36-38,40,51-52,57H,22-24H2,1-6H3,(H,48,54);1H2/t31?,32-,33?,34+,36-,37+,38-,40-,45?,46+,47+;/m0./s1.